The standard InChI is InChI=1S/C31H34N8O2S/c1-17(22-7-5-13-39(22)2)40-25-14-21(18-9-10-24(33)35-16-18)36-30(37-25)27-19-6-3-11-31(28(19)38-41-27)12-4-8-23-26(31)20(15-32)29(34)42-23/h9-10,14,16-17,22H,3-8,11-13,34H2,1-2H3,(H2,33,35)/t17-,22-,31-/m0/s1. The molecular weight excluding hydrogens is 548 g/mol. The fraction of sp³-hybridized carbons (Fsp3) is 0.452. The Labute approximate surface area is 248 Å². The van der Waals surface area contributed by atoms with Crippen LogP contribution in [0.3, 0.4) is 0 Å². The first-order valence-electron chi connectivity index (χ1n) is 14.7. The van der Waals surface area contributed by atoms with Crippen LogP contribution in [0.2, 0.25) is 0 Å². The second-order valence-corrected chi connectivity index (χ2v) is 12.9. The Bertz CT molecular complexity index is 1690. The van der Waals surface area contributed by atoms with Crippen LogP contribution in [0.4, 0.5) is 10.8 Å². The van der Waals surface area contributed by atoms with Crippen LogP contribution in [-0.4, -0.2) is 50.7 Å². The predicted octanol–water partition coefficient (Wildman–Crippen LogP) is 5.11. The largest absolute Gasteiger partial charge is 0.473 e. The van der Waals surface area contributed by atoms with Gasteiger partial charge in [0.25, 0.3) is 0 Å². The molecular formula is C31H34N8O2S. The molecule has 1 aliphatic heterocycles. The maximum atomic E-state index is 10.0. The number of thiophene rings is 1. The number of aromatic nitrogens is 4. The van der Waals surface area contributed by atoms with Crippen LogP contribution in [-0.2, 0) is 18.3 Å². The number of hydrogen-bond acceptors (Lipinski definition) is 11. The van der Waals surface area contributed by atoms with Gasteiger partial charge in [-0.25, -0.2) is 9.97 Å². The first-order valence-corrected chi connectivity index (χ1v) is 15.5. The Balaban J connectivity index is 1.34. The van der Waals surface area contributed by atoms with Crippen molar-refractivity contribution >= 4 is 22.2 Å². The third kappa shape index (κ3) is 4.32. The summed E-state index contributed by atoms with van der Waals surface area (Å²) >= 11 is 1.54. The number of nitriles is 1. The van der Waals surface area contributed by atoms with E-state index in [1.165, 1.54) is 4.88 Å². The number of ether oxygens (including phenoxy) is 1. The number of likely N-dealkylation sites (N-methyl/N-ethyl adjacent to an activating group) is 1. The summed E-state index contributed by atoms with van der Waals surface area (Å²) in [5.74, 6) is 1.90. The summed E-state index contributed by atoms with van der Waals surface area (Å²) in [5, 5.41) is 15.3. The second kappa shape index (κ2) is 10.4. The highest BCUT2D eigenvalue weighted by Crippen LogP contribution is 2.54. The zero-order valence-corrected chi connectivity index (χ0v) is 24.7. The summed E-state index contributed by atoms with van der Waals surface area (Å²) in [6.07, 6.45) is 9.39. The van der Waals surface area contributed by atoms with E-state index in [0.29, 0.717) is 45.6 Å². The highest BCUT2D eigenvalue weighted by atomic mass is 32.1. The molecule has 2 aliphatic carbocycles. The Morgan fingerprint density at radius 3 is 2.76 bits per heavy atom. The van der Waals surface area contributed by atoms with Crippen LogP contribution in [0.15, 0.2) is 28.9 Å². The molecule has 0 unspecified atom stereocenters. The van der Waals surface area contributed by atoms with Crippen molar-refractivity contribution in [2.45, 2.75) is 75.9 Å². The topological polar surface area (TPSA) is 153 Å². The highest BCUT2D eigenvalue weighted by molar-refractivity contribution is 7.16. The number of rotatable bonds is 5. The van der Waals surface area contributed by atoms with Gasteiger partial charge in [-0.15, -0.1) is 11.3 Å². The first-order chi connectivity index (χ1) is 20.4. The Kier molecular flexibility index (Phi) is 6.63. The molecule has 0 saturated carbocycles. The summed E-state index contributed by atoms with van der Waals surface area (Å²) in [5.41, 5.74) is 16.8. The van der Waals surface area contributed by atoms with E-state index in [0.717, 1.165) is 80.3 Å². The van der Waals surface area contributed by atoms with Crippen LogP contribution in [0.5, 0.6) is 5.88 Å². The molecule has 0 amide bonds. The number of aryl methyl sites for hydroxylation is 1. The fourth-order valence-corrected chi connectivity index (χ4v) is 8.48. The van der Waals surface area contributed by atoms with Gasteiger partial charge in [-0.3, -0.25) is 4.90 Å². The van der Waals surface area contributed by atoms with Gasteiger partial charge in [-0.05, 0) is 89.6 Å². The molecule has 3 aliphatic rings. The summed E-state index contributed by atoms with van der Waals surface area (Å²) in [6.45, 7) is 3.16. The maximum absolute atomic E-state index is 10.0. The number of pyridine rings is 1. The quantitative estimate of drug-likeness (QED) is 0.324. The average molecular weight is 583 g/mol. The van der Waals surface area contributed by atoms with Gasteiger partial charge in [-0.1, -0.05) is 5.16 Å². The van der Waals surface area contributed by atoms with Gasteiger partial charge in [0.05, 0.1) is 17.0 Å². The van der Waals surface area contributed by atoms with E-state index in [1.54, 1.807) is 23.6 Å². The van der Waals surface area contributed by atoms with Crippen LogP contribution in [0.25, 0.3) is 22.8 Å². The number of nitrogens with zero attached hydrogens (tertiary/aromatic N) is 6. The van der Waals surface area contributed by atoms with Crippen LogP contribution < -0.4 is 16.2 Å². The molecule has 3 atom stereocenters. The van der Waals surface area contributed by atoms with E-state index in [2.05, 4.69) is 29.9 Å². The second-order valence-electron chi connectivity index (χ2n) is 11.8. The van der Waals surface area contributed by atoms with Crippen molar-refractivity contribution in [3.63, 3.8) is 0 Å². The zero-order valence-electron chi connectivity index (χ0n) is 23.9. The molecule has 216 valence electrons. The number of nitrogens with two attached hydrogens (primary N) is 2. The molecule has 42 heavy (non-hydrogen) atoms. The molecule has 1 spiro atoms. The lowest BCUT2D eigenvalue weighted by Gasteiger charge is -2.39. The van der Waals surface area contributed by atoms with Crippen molar-refractivity contribution in [3.05, 3.63) is 51.7 Å². The number of fused-ring (bicyclic) bond motifs is 4. The minimum Gasteiger partial charge on any atom is -0.473 e. The van der Waals surface area contributed by atoms with Gasteiger partial charge in [0, 0.05) is 39.7 Å². The average Bonchev–Trinajstić information content (AvgIpc) is 3.70. The SMILES string of the molecule is C[C@H](Oc1cc(-c2ccc(N)nc2)nc(-c2onc3c2CCC[C@@]32CCCc3sc(N)c(C#N)c32)n1)[C@@H]1CCCN1C. The van der Waals surface area contributed by atoms with Crippen LogP contribution >= 0.6 is 11.3 Å². The molecule has 0 radical (unpaired) electrons. The number of likely N-dealkylation sites (tertiary alicyclic amines) is 1. The van der Waals surface area contributed by atoms with E-state index >= 15 is 0 Å². The van der Waals surface area contributed by atoms with Crippen molar-refractivity contribution in [2.24, 2.45) is 0 Å². The Hall–Kier alpha value is -4.01. The van der Waals surface area contributed by atoms with Crippen molar-refractivity contribution < 1.29 is 9.26 Å². The number of hydrogen-bond donors (Lipinski definition) is 2. The monoisotopic (exact) mass is 582 g/mol. The van der Waals surface area contributed by atoms with Gasteiger partial charge in [0.1, 0.15) is 23.0 Å². The minimum absolute atomic E-state index is 0.0568. The smallest absolute Gasteiger partial charge is 0.217 e. The molecule has 0 aromatic carbocycles. The van der Waals surface area contributed by atoms with E-state index in [4.69, 9.17) is 35.9 Å². The molecule has 5 heterocycles. The highest BCUT2D eigenvalue weighted by Gasteiger charge is 2.48. The number of nitrogen functional groups attached to an aromatic ring is 2. The van der Waals surface area contributed by atoms with Crippen LogP contribution in [0, 0.1) is 11.3 Å². The zero-order chi connectivity index (χ0) is 29.0. The molecule has 1 fully saturated rings. The molecule has 4 aromatic rings. The molecule has 4 aromatic heterocycles. The Morgan fingerprint density at radius 1 is 1.19 bits per heavy atom. The molecule has 4 N–H and O–H groups in total. The maximum Gasteiger partial charge on any atom is 0.217 e. The van der Waals surface area contributed by atoms with Crippen molar-refractivity contribution in [3.8, 4) is 34.8 Å². The molecule has 7 rings (SSSR count). The van der Waals surface area contributed by atoms with Crippen molar-refractivity contribution in [1.82, 2.24) is 25.0 Å². The molecule has 1 saturated heterocycles. The van der Waals surface area contributed by atoms with Gasteiger partial charge in [0.2, 0.25) is 17.5 Å². The lowest BCUT2D eigenvalue weighted by atomic mass is 9.62. The van der Waals surface area contributed by atoms with Crippen LogP contribution in [0.1, 0.15) is 72.7 Å². The summed E-state index contributed by atoms with van der Waals surface area (Å²) in [6, 6.07) is 8.21. The molecule has 11 heteroatoms. The van der Waals surface area contributed by atoms with Gasteiger partial charge in [0.15, 0.2) is 0 Å². The van der Waals surface area contributed by atoms with E-state index in [9.17, 15) is 5.26 Å². The normalized spacial score (nSPS) is 22.5. The number of anilines is 2. The van der Waals surface area contributed by atoms with Gasteiger partial charge in [-0.2, -0.15) is 10.2 Å². The minimum atomic E-state index is -0.387. The summed E-state index contributed by atoms with van der Waals surface area (Å²) in [4.78, 5) is 17.6. The van der Waals surface area contributed by atoms with Crippen molar-refractivity contribution in [2.75, 3.05) is 25.1 Å². The van der Waals surface area contributed by atoms with E-state index < -0.39 is 0 Å². The first kappa shape index (κ1) is 26.9. The third-order valence-electron chi connectivity index (χ3n) is 9.29. The summed E-state index contributed by atoms with van der Waals surface area (Å²) in [7, 11) is 2.14. The lowest BCUT2D eigenvalue weighted by Crippen LogP contribution is -2.38. The lowest BCUT2D eigenvalue weighted by molar-refractivity contribution is 0.117. The van der Waals surface area contributed by atoms with Gasteiger partial charge < -0.3 is 20.7 Å². The van der Waals surface area contributed by atoms with E-state index in [-0.39, 0.29) is 11.5 Å². The third-order valence-corrected chi connectivity index (χ3v) is 10.4. The van der Waals surface area contributed by atoms with Crippen molar-refractivity contribution in [1.29, 1.82) is 5.26 Å². The molecule has 10 nitrogen and oxygen atoms in total. The predicted molar refractivity (Wildman–Crippen MR) is 161 cm³/mol. The molecule has 0 bridgehead atoms. The van der Waals surface area contributed by atoms with E-state index in [1.807, 2.05) is 12.1 Å². The summed E-state index contributed by atoms with van der Waals surface area (Å²) < 4.78 is 12.6. The van der Waals surface area contributed by atoms with Gasteiger partial charge >= 0.3 is 0 Å². The Morgan fingerprint density at radius 2 is 2.02 bits per heavy atom. The fourth-order valence-electron chi connectivity index (χ4n) is 7.32.